The molecule has 164 valence electrons. The van der Waals surface area contributed by atoms with Crippen LogP contribution in [-0.4, -0.2) is 40.1 Å². The van der Waals surface area contributed by atoms with Crippen molar-refractivity contribution < 1.29 is 23.6 Å². The Morgan fingerprint density at radius 3 is 2.68 bits per heavy atom. The molecular formula is C22H25FN4O4. The molecule has 1 saturated carbocycles. The van der Waals surface area contributed by atoms with E-state index in [1.807, 2.05) is 0 Å². The number of carbonyl (C=O) groups excluding carboxylic acids is 2. The number of carbonyl (C=O) groups is 2. The van der Waals surface area contributed by atoms with Crippen LogP contribution in [0.25, 0.3) is 0 Å². The molecule has 1 aliphatic heterocycles. The molecule has 8 nitrogen and oxygen atoms in total. The van der Waals surface area contributed by atoms with E-state index in [-0.39, 0.29) is 35.1 Å². The lowest BCUT2D eigenvalue weighted by Gasteiger charge is -2.31. The summed E-state index contributed by atoms with van der Waals surface area (Å²) in [6.45, 7) is 0.840. The Bertz CT molecular complexity index is 934. The van der Waals surface area contributed by atoms with Crippen LogP contribution in [0.2, 0.25) is 0 Å². The Morgan fingerprint density at radius 1 is 1.19 bits per heavy atom. The fourth-order valence-corrected chi connectivity index (χ4v) is 4.17. The third kappa shape index (κ3) is 4.82. The zero-order valence-corrected chi connectivity index (χ0v) is 17.1. The number of ether oxygens (including phenoxy) is 1. The molecule has 2 heterocycles. The molecular weight excluding hydrogens is 403 g/mol. The molecule has 1 atom stereocenters. The molecule has 4 rings (SSSR count). The van der Waals surface area contributed by atoms with E-state index in [4.69, 9.17) is 15.3 Å². The number of rotatable bonds is 6. The normalized spacial score (nSPS) is 23.5. The standard InChI is InChI=1S/C22H25FN4O4/c23-17-11-16(21(24)28)5-6-20(17)30-13-14-1-3-15(4-2-14)22(29)27-19(7-10-31-27)18-12-25-8-9-26-18/h5-6,8-9,11-12,14-15,19H,1-4,7,10,13H2,(H2,24,28)/t14?,15?,19-/m0/s1. The van der Waals surface area contributed by atoms with Gasteiger partial charge in [0.2, 0.25) is 11.8 Å². The molecule has 31 heavy (non-hydrogen) atoms. The number of nitrogens with two attached hydrogens (primary N) is 1. The van der Waals surface area contributed by atoms with Crippen molar-refractivity contribution in [2.24, 2.45) is 17.6 Å². The fraction of sp³-hybridized carbons (Fsp3) is 0.455. The van der Waals surface area contributed by atoms with E-state index < -0.39 is 11.7 Å². The first-order valence-electron chi connectivity index (χ1n) is 10.5. The van der Waals surface area contributed by atoms with Crippen molar-refractivity contribution in [3.63, 3.8) is 0 Å². The lowest BCUT2D eigenvalue weighted by molar-refractivity contribution is -0.183. The quantitative estimate of drug-likeness (QED) is 0.758. The summed E-state index contributed by atoms with van der Waals surface area (Å²) in [4.78, 5) is 38.2. The van der Waals surface area contributed by atoms with Crippen molar-refractivity contribution in [3.05, 3.63) is 53.9 Å². The van der Waals surface area contributed by atoms with Crippen molar-refractivity contribution in [1.82, 2.24) is 15.0 Å². The number of halogens is 1. The van der Waals surface area contributed by atoms with Crippen LogP contribution in [-0.2, 0) is 9.63 Å². The molecule has 1 aliphatic carbocycles. The number of hydrogen-bond acceptors (Lipinski definition) is 6. The average Bonchev–Trinajstić information content (AvgIpc) is 3.28. The van der Waals surface area contributed by atoms with Gasteiger partial charge in [-0.15, -0.1) is 0 Å². The predicted octanol–water partition coefficient (Wildman–Crippen LogP) is 2.81. The molecule has 1 aromatic heterocycles. The first-order chi connectivity index (χ1) is 15.0. The Morgan fingerprint density at radius 2 is 2.00 bits per heavy atom. The van der Waals surface area contributed by atoms with Crippen LogP contribution in [0, 0.1) is 17.7 Å². The Hall–Kier alpha value is -3.07. The third-order valence-electron chi connectivity index (χ3n) is 5.93. The number of benzene rings is 1. The van der Waals surface area contributed by atoms with Gasteiger partial charge in [0.25, 0.3) is 0 Å². The summed E-state index contributed by atoms with van der Waals surface area (Å²) in [5.74, 6) is -1.09. The highest BCUT2D eigenvalue weighted by molar-refractivity contribution is 5.92. The molecule has 9 heteroatoms. The highest BCUT2D eigenvalue weighted by atomic mass is 19.1. The summed E-state index contributed by atoms with van der Waals surface area (Å²) in [6, 6.07) is 3.74. The van der Waals surface area contributed by atoms with Gasteiger partial charge in [-0.1, -0.05) is 0 Å². The second kappa shape index (κ2) is 9.38. The molecule has 2 fully saturated rings. The molecule has 2 amide bonds. The maximum Gasteiger partial charge on any atom is 0.249 e. The lowest BCUT2D eigenvalue weighted by atomic mass is 9.81. The molecule has 2 N–H and O–H groups in total. The maximum atomic E-state index is 14.1. The highest BCUT2D eigenvalue weighted by Gasteiger charge is 2.38. The fourth-order valence-electron chi connectivity index (χ4n) is 4.17. The van der Waals surface area contributed by atoms with Gasteiger partial charge < -0.3 is 10.5 Å². The Balaban J connectivity index is 1.29. The largest absolute Gasteiger partial charge is 0.490 e. The minimum absolute atomic E-state index is 0.0133. The summed E-state index contributed by atoms with van der Waals surface area (Å²) < 4.78 is 19.7. The monoisotopic (exact) mass is 428 g/mol. The van der Waals surface area contributed by atoms with E-state index in [2.05, 4.69) is 9.97 Å². The number of aromatic nitrogens is 2. The predicted molar refractivity (Wildman–Crippen MR) is 108 cm³/mol. The number of hydrogen-bond donors (Lipinski definition) is 1. The minimum atomic E-state index is -0.683. The van der Waals surface area contributed by atoms with Crippen LogP contribution < -0.4 is 10.5 Å². The van der Waals surface area contributed by atoms with E-state index in [1.165, 1.54) is 17.2 Å². The first kappa shape index (κ1) is 21.2. The lowest BCUT2D eigenvalue weighted by Crippen LogP contribution is -2.37. The van der Waals surface area contributed by atoms with Gasteiger partial charge in [0.15, 0.2) is 11.6 Å². The van der Waals surface area contributed by atoms with Crippen molar-refractivity contribution in [2.75, 3.05) is 13.2 Å². The van der Waals surface area contributed by atoms with Gasteiger partial charge in [-0.3, -0.25) is 24.4 Å². The van der Waals surface area contributed by atoms with Crippen molar-refractivity contribution >= 4 is 11.8 Å². The van der Waals surface area contributed by atoms with E-state index >= 15 is 0 Å². The van der Waals surface area contributed by atoms with E-state index in [9.17, 15) is 14.0 Å². The zero-order chi connectivity index (χ0) is 21.8. The minimum Gasteiger partial charge on any atom is -0.490 e. The molecule has 0 bridgehead atoms. The number of nitrogens with zero attached hydrogens (tertiary/aromatic N) is 3. The Kier molecular flexibility index (Phi) is 6.41. The summed E-state index contributed by atoms with van der Waals surface area (Å²) in [7, 11) is 0. The summed E-state index contributed by atoms with van der Waals surface area (Å²) in [5, 5.41) is 1.47. The van der Waals surface area contributed by atoms with E-state index in [0.717, 1.165) is 37.4 Å². The highest BCUT2D eigenvalue weighted by Crippen LogP contribution is 2.35. The van der Waals surface area contributed by atoms with Crippen LogP contribution in [0.15, 0.2) is 36.8 Å². The molecule has 2 aliphatic rings. The van der Waals surface area contributed by atoms with Crippen LogP contribution in [0.3, 0.4) is 0 Å². The average molecular weight is 428 g/mol. The molecule has 1 aromatic carbocycles. The van der Waals surface area contributed by atoms with Gasteiger partial charge in [-0.25, -0.2) is 9.45 Å². The van der Waals surface area contributed by atoms with E-state index in [0.29, 0.717) is 19.6 Å². The summed E-state index contributed by atoms with van der Waals surface area (Å²) in [5.41, 5.74) is 6.00. The van der Waals surface area contributed by atoms with Crippen LogP contribution in [0.1, 0.15) is 54.2 Å². The van der Waals surface area contributed by atoms with Gasteiger partial charge in [0.05, 0.1) is 25.1 Å². The SMILES string of the molecule is NC(=O)c1ccc(OCC2CCC(C(=O)N3OCC[C@H]3c3cnccn3)CC2)c(F)c1. The van der Waals surface area contributed by atoms with Gasteiger partial charge in [0.1, 0.15) is 6.04 Å². The first-order valence-corrected chi connectivity index (χ1v) is 10.5. The van der Waals surface area contributed by atoms with Crippen molar-refractivity contribution in [1.29, 1.82) is 0 Å². The zero-order valence-electron chi connectivity index (χ0n) is 17.1. The summed E-state index contributed by atoms with van der Waals surface area (Å²) >= 11 is 0. The molecule has 0 unspecified atom stereocenters. The van der Waals surface area contributed by atoms with Crippen LogP contribution in [0.4, 0.5) is 4.39 Å². The van der Waals surface area contributed by atoms with Gasteiger partial charge >= 0.3 is 0 Å². The smallest absolute Gasteiger partial charge is 0.249 e. The van der Waals surface area contributed by atoms with Crippen LogP contribution in [0.5, 0.6) is 5.75 Å². The van der Waals surface area contributed by atoms with Gasteiger partial charge in [-0.2, -0.15) is 0 Å². The van der Waals surface area contributed by atoms with Gasteiger partial charge in [-0.05, 0) is 49.8 Å². The molecule has 1 saturated heterocycles. The van der Waals surface area contributed by atoms with Crippen molar-refractivity contribution in [3.8, 4) is 5.75 Å². The second-order valence-corrected chi connectivity index (χ2v) is 7.97. The Labute approximate surface area is 179 Å². The number of hydroxylamine groups is 2. The summed E-state index contributed by atoms with van der Waals surface area (Å²) in [6.07, 6.45) is 8.66. The topological polar surface area (TPSA) is 108 Å². The second-order valence-electron chi connectivity index (χ2n) is 7.97. The van der Waals surface area contributed by atoms with Gasteiger partial charge in [0, 0.05) is 30.3 Å². The number of amides is 2. The van der Waals surface area contributed by atoms with Crippen LogP contribution >= 0.6 is 0 Å². The molecule has 0 radical (unpaired) electrons. The molecule has 0 spiro atoms. The number of primary amides is 1. The third-order valence-corrected chi connectivity index (χ3v) is 5.93. The maximum absolute atomic E-state index is 14.1. The van der Waals surface area contributed by atoms with Crippen molar-refractivity contribution in [2.45, 2.75) is 38.1 Å². The van der Waals surface area contributed by atoms with E-state index in [1.54, 1.807) is 18.6 Å². The molecule has 2 aromatic rings.